The molecule has 0 aromatic heterocycles. The highest BCUT2D eigenvalue weighted by Crippen LogP contribution is 2.37. The Morgan fingerprint density at radius 2 is 2.20 bits per heavy atom. The molecule has 1 N–H and O–H groups in total. The van der Waals surface area contributed by atoms with Gasteiger partial charge < -0.3 is 9.84 Å². The number of carbonyl (C=O) groups is 1. The molecule has 0 unspecified atom stereocenters. The van der Waals surface area contributed by atoms with Gasteiger partial charge in [0, 0.05) is 16.5 Å². The van der Waals surface area contributed by atoms with E-state index in [1.165, 1.54) is 14.0 Å². The summed E-state index contributed by atoms with van der Waals surface area (Å²) in [4.78, 5) is 11.1. The average Bonchev–Trinajstić information content (AvgIpc) is 2.18. The monoisotopic (exact) mass is 272 g/mol. The fourth-order valence-electron chi connectivity index (χ4n) is 1.38. The highest BCUT2D eigenvalue weighted by molar-refractivity contribution is 9.10. The third kappa shape index (κ3) is 2.50. The fourth-order valence-corrected chi connectivity index (χ4v) is 1.83. The van der Waals surface area contributed by atoms with Gasteiger partial charge in [-0.2, -0.15) is 0 Å². The molecule has 4 heteroatoms. The summed E-state index contributed by atoms with van der Waals surface area (Å²) in [6.45, 7) is 3.34. The van der Waals surface area contributed by atoms with Crippen molar-refractivity contribution in [3.8, 4) is 11.5 Å². The number of carbonyl (C=O) groups excluding carboxylic acids is 1. The molecular formula is C11H13BrO3. The van der Waals surface area contributed by atoms with E-state index in [0.717, 1.165) is 10.0 Å². The third-order valence-electron chi connectivity index (χ3n) is 2.23. The quantitative estimate of drug-likeness (QED) is 0.920. The van der Waals surface area contributed by atoms with Crippen LogP contribution < -0.4 is 4.74 Å². The molecule has 3 nitrogen and oxygen atoms in total. The molecule has 1 aromatic carbocycles. The van der Waals surface area contributed by atoms with Crippen LogP contribution in [0.25, 0.3) is 0 Å². The number of rotatable bonds is 3. The van der Waals surface area contributed by atoms with Gasteiger partial charge in [-0.25, -0.2) is 0 Å². The van der Waals surface area contributed by atoms with E-state index in [-0.39, 0.29) is 18.0 Å². The van der Waals surface area contributed by atoms with E-state index in [9.17, 15) is 9.90 Å². The Balaban J connectivity index is 3.33. The maximum atomic E-state index is 11.1. The summed E-state index contributed by atoms with van der Waals surface area (Å²) >= 11 is 3.36. The molecule has 0 aliphatic rings. The van der Waals surface area contributed by atoms with Crippen LogP contribution in [0.1, 0.15) is 18.1 Å². The lowest BCUT2D eigenvalue weighted by atomic mass is 10.0. The first kappa shape index (κ1) is 12.0. The van der Waals surface area contributed by atoms with E-state index in [2.05, 4.69) is 15.9 Å². The van der Waals surface area contributed by atoms with E-state index < -0.39 is 0 Å². The number of ether oxygens (including phenoxy) is 1. The van der Waals surface area contributed by atoms with Crippen LogP contribution in [-0.4, -0.2) is 18.0 Å². The molecule has 82 valence electrons. The van der Waals surface area contributed by atoms with Crippen LogP contribution in [0.3, 0.4) is 0 Å². The van der Waals surface area contributed by atoms with Gasteiger partial charge in [-0.15, -0.1) is 0 Å². The summed E-state index contributed by atoms with van der Waals surface area (Å²) in [7, 11) is 1.48. The normalized spacial score (nSPS) is 10.1. The molecule has 1 aromatic rings. The van der Waals surface area contributed by atoms with Gasteiger partial charge in [-0.05, 0) is 25.5 Å². The molecule has 0 radical (unpaired) electrons. The summed E-state index contributed by atoms with van der Waals surface area (Å²) in [6.07, 6.45) is 0.216. The van der Waals surface area contributed by atoms with Gasteiger partial charge in [0.05, 0.1) is 7.11 Å². The van der Waals surface area contributed by atoms with Crippen LogP contribution in [-0.2, 0) is 11.2 Å². The lowest BCUT2D eigenvalue weighted by Crippen LogP contribution is -2.01. The van der Waals surface area contributed by atoms with Gasteiger partial charge in [-0.3, -0.25) is 4.79 Å². The van der Waals surface area contributed by atoms with Gasteiger partial charge in [0.25, 0.3) is 0 Å². The number of hydrogen-bond donors (Lipinski definition) is 1. The second kappa shape index (κ2) is 4.66. The van der Waals surface area contributed by atoms with Crippen molar-refractivity contribution in [3.05, 3.63) is 21.7 Å². The van der Waals surface area contributed by atoms with Gasteiger partial charge in [-0.1, -0.05) is 15.9 Å². The molecule has 15 heavy (non-hydrogen) atoms. The molecular weight excluding hydrogens is 260 g/mol. The van der Waals surface area contributed by atoms with Crippen molar-refractivity contribution in [2.24, 2.45) is 0 Å². The van der Waals surface area contributed by atoms with E-state index in [0.29, 0.717) is 11.3 Å². The first-order chi connectivity index (χ1) is 6.97. The Morgan fingerprint density at radius 3 is 2.67 bits per heavy atom. The third-order valence-corrected chi connectivity index (χ3v) is 3.06. The maximum absolute atomic E-state index is 11.1. The molecule has 0 spiro atoms. The van der Waals surface area contributed by atoms with Crippen molar-refractivity contribution in [3.63, 3.8) is 0 Å². The van der Waals surface area contributed by atoms with E-state index in [1.807, 2.05) is 6.92 Å². The number of aromatic hydroxyl groups is 1. The molecule has 1 rings (SSSR count). The predicted molar refractivity (Wildman–Crippen MR) is 61.5 cm³/mol. The Morgan fingerprint density at radius 1 is 1.60 bits per heavy atom. The second-order valence-electron chi connectivity index (χ2n) is 3.39. The van der Waals surface area contributed by atoms with E-state index in [1.54, 1.807) is 6.07 Å². The summed E-state index contributed by atoms with van der Waals surface area (Å²) in [5, 5.41) is 9.84. The highest BCUT2D eigenvalue weighted by Gasteiger charge is 2.15. The lowest BCUT2D eigenvalue weighted by Gasteiger charge is -2.12. The fraction of sp³-hybridized carbons (Fsp3) is 0.364. The maximum Gasteiger partial charge on any atom is 0.161 e. The molecule has 0 heterocycles. The highest BCUT2D eigenvalue weighted by atomic mass is 79.9. The second-order valence-corrected chi connectivity index (χ2v) is 4.25. The number of ketones is 1. The average molecular weight is 273 g/mol. The van der Waals surface area contributed by atoms with Gasteiger partial charge >= 0.3 is 0 Å². The first-order valence-corrected chi connectivity index (χ1v) is 5.31. The molecule has 0 fully saturated rings. The van der Waals surface area contributed by atoms with Crippen LogP contribution in [0.15, 0.2) is 10.5 Å². The van der Waals surface area contributed by atoms with Crippen molar-refractivity contribution in [1.29, 1.82) is 0 Å². The van der Waals surface area contributed by atoms with Crippen LogP contribution in [0, 0.1) is 6.92 Å². The number of hydrogen-bond acceptors (Lipinski definition) is 3. The van der Waals surface area contributed by atoms with Crippen LogP contribution in [0.5, 0.6) is 11.5 Å². The topological polar surface area (TPSA) is 46.5 Å². The van der Waals surface area contributed by atoms with Crippen LogP contribution >= 0.6 is 15.9 Å². The molecule has 0 atom stereocenters. The van der Waals surface area contributed by atoms with Crippen molar-refractivity contribution in [2.45, 2.75) is 20.3 Å². The molecule has 0 amide bonds. The smallest absolute Gasteiger partial charge is 0.161 e. The van der Waals surface area contributed by atoms with E-state index >= 15 is 0 Å². The molecule has 0 aliphatic heterocycles. The first-order valence-electron chi connectivity index (χ1n) is 4.51. The van der Waals surface area contributed by atoms with Crippen LogP contribution in [0.4, 0.5) is 0 Å². The number of benzene rings is 1. The molecule has 0 saturated heterocycles. The summed E-state index contributed by atoms with van der Waals surface area (Å²) in [6, 6.07) is 1.69. The van der Waals surface area contributed by atoms with Crippen molar-refractivity contribution >= 4 is 21.7 Å². The molecule has 0 bridgehead atoms. The van der Waals surface area contributed by atoms with Crippen molar-refractivity contribution in [1.82, 2.24) is 0 Å². The van der Waals surface area contributed by atoms with Gasteiger partial charge in [0.1, 0.15) is 5.78 Å². The largest absolute Gasteiger partial charge is 0.504 e. The minimum absolute atomic E-state index is 0.00792. The minimum atomic E-state index is 0.00792. The Bertz CT molecular complexity index is 399. The summed E-state index contributed by atoms with van der Waals surface area (Å²) < 4.78 is 5.84. The number of phenolic OH excluding ortho intramolecular Hbond substituents is 1. The van der Waals surface area contributed by atoms with Crippen molar-refractivity contribution in [2.75, 3.05) is 7.11 Å². The zero-order chi connectivity index (χ0) is 11.6. The molecule has 0 saturated carbocycles. The summed E-state index contributed by atoms with van der Waals surface area (Å²) in [5.74, 6) is 0.436. The Hall–Kier alpha value is -1.03. The van der Waals surface area contributed by atoms with Crippen LogP contribution in [0.2, 0.25) is 0 Å². The lowest BCUT2D eigenvalue weighted by molar-refractivity contribution is -0.116. The Kier molecular flexibility index (Phi) is 3.74. The van der Waals surface area contributed by atoms with E-state index in [4.69, 9.17) is 4.74 Å². The zero-order valence-electron chi connectivity index (χ0n) is 8.93. The molecule has 0 aliphatic carbocycles. The predicted octanol–water partition coefficient (Wildman–Crippen LogP) is 2.60. The number of Topliss-reactive ketones (excluding diaryl/α,β-unsaturated/α-hetero) is 1. The SMILES string of the molecule is COc1cc(Br)c(C)c(CC(C)=O)c1O. The number of methoxy groups -OCH3 is 1. The summed E-state index contributed by atoms with van der Waals surface area (Å²) in [5.41, 5.74) is 1.48. The Labute approximate surface area is 97.2 Å². The number of halogens is 1. The zero-order valence-corrected chi connectivity index (χ0v) is 10.5. The number of phenols is 1. The van der Waals surface area contributed by atoms with Gasteiger partial charge in [0.2, 0.25) is 0 Å². The van der Waals surface area contributed by atoms with Crippen molar-refractivity contribution < 1.29 is 14.6 Å². The minimum Gasteiger partial charge on any atom is -0.504 e. The van der Waals surface area contributed by atoms with Gasteiger partial charge in [0.15, 0.2) is 11.5 Å². The standard InChI is InChI=1S/C11H13BrO3/c1-6(13)4-8-7(2)9(12)5-10(15-3)11(8)14/h5,14H,4H2,1-3H3.